The topological polar surface area (TPSA) is 104 Å². The molecule has 116 valence electrons. The molecule has 2 amide bonds. The van der Waals surface area contributed by atoms with Crippen molar-refractivity contribution in [3.05, 3.63) is 0 Å². The number of sulfone groups is 1. The number of nitrogens with zero attached hydrogens (tertiary/aromatic N) is 1. The second kappa shape index (κ2) is 7.16. The molecule has 0 radical (unpaired) electrons. The molecule has 9 heteroatoms. The van der Waals surface area contributed by atoms with Gasteiger partial charge < -0.3 is 15.3 Å². The minimum Gasteiger partial charge on any atom is -0.480 e. The third-order valence-corrected chi connectivity index (χ3v) is 6.46. The summed E-state index contributed by atoms with van der Waals surface area (Å²) in [5.74, 6) is -0.194. The minimum absolute atomic E-state index is 0.0435. The molecule has 2 N–H and O–H groups in total. The van der Waals surface area contributed by atoms with E-state index in [-0.39, 0.29) is 12.2 Å². The van der Waals surface area contributed by atoms with E-state index < -0.39 is 33.3 Å². The van der Waals surface area contributed by atoms with Crippen LogP contribution >= 0.6 is 11.8 Å². The highest BCUT2D eigenvalue weighted by molar-refractivity contribution is 8.01. The number of carboxylic acid groups (broad SMARTS) is 1. The molecular weight excluding hydrogens is 304 g/mol. The molecule has 0 saturated carbocycles. The van der Waals surface area contributed by atoms with Crippen molar-refractivity contribution in [2.24, 2.45) is 0 Å². The molecule has 0 bridgehead atoms. The van der Waals surface area contributed by atoms with Crippen LogP contribution in [0.3, 0.4) is 0 Å². The lowest BCUT2D eigenvalue weighted by Crippen LogP contribution is -2.56. The number of hydrogen-bond acceptors (Lipinski definition) is 5. The summed E-state index contributed by atoms with van der Waals surface area (Å²) in [5, 5.41) is 10.4. The van der Waals surface area contributed by atoms with E-state index in [1.807, 2.05) is 0 Å². The first kappa shape index (κ1) is 17.1. The van der Waals surface area contributed by atoms with E-state index in [1.165, 1.54) is 23.6 Å². The zero-order valence-corrected chi connectivity index (χ0v) is 13.2. The van der Waals surface area contributed by atoms with Crippen molar-refractivity contribution in [2.45, 2.75) is 31.7 Å². The van der Waals surface area contributed by atoms with Gasteiger partial charge in [0.05, 0.1) is 0 Å². The number of aliphatic carboxylic acids is 1. The van der Waals surface area contributed by atoms with E-state index in [0.29, 0.717) is 18.1 Å². The van der Waals surface area contributed by atoms with E-state index in [4.69, 9.17) is 5.11 Å². The molecule has 20 heavy (non-hydrogen) atoms. The molecule has 7 nitrogen and oxygen atoms in total. The summed E-state index contributed by atoms with van der Waals surface area (Å²) in [4.78, 5) is 24.3. The molecule has 1 aliphatic rings. The lowest BCUT2D eigenvalue weighted by molar-refractivity contribution is -0.139. The van der Waals surface area contributed by atoms with Crippen LogP contribution in [0.15, 0.2) is 0 Å². The van der Waals surface area contributed by atoms with E-state index in [9.17, 15) is 18.0 Å². The Balaban J connectivity index is 2.85. The lowest BCUT2D eigenvalue weighted by Gasteiger charge is -2.35. The highest BCUT2D eigenvalue weighted by Crippen LogP contribution is 2.21. The Morgan fingerprint density at radius 3 is 2.60 bits per heavy atom. The van der Waals surface area contributed by atoms with Crippen molar-refractivity contribution in [1.29, 1.82) is 0 Å². The highest BCUT2D eigenvalue weighted by atomic mass is 32.2. The Morgan fingerprint density at radius 2 is 2.10 bits per heavy atom. The molecule has 2 atom stereocenters. The number of thioether (sulfide) groups is 1. The van der Waals surface area contributed by atoms with Crippen LogP contribution in [0.4, 0.5) is 4.79 Å². The fraction of sp³-hybridized carbons (Fsp3) is 0.818. The second-order valence-electron chi connectivity index (χ2n) is 4.42. The van der Waals surface area contributed by atoms with Crippen LogP contribution in [-0.2, 0) is 14.6 Å². The number of hydrogen-bond donors (Lipinski definition) is 2. The third-order valence-electron chi connectivity index (χ3n) is 3.17. The number of carbonyl (C=O) groups is 2. The Kier molecular flexibility index (Phi) is 6.12. The fourth-order valence-electron chi connectivity index (χ4n) is 1.87. The van der Waals surface area contributed by atoms with Gasteiger partial charge in [0.25, 0.3) is 0 Å². The van der Waals surface area contributed by atoms with Gasteiger partial charge >= 0.3 is 12.0 Å². The first-order valence-corrected chi connectivity index (χ1v) is 9.29. The van der Waals surface area contributed by atoms with Gasteiger partial charge in [0.1, 0.15) is 11.4 Å². The molecule has 1 aliphatic heterocycles. The molecular formula is C11H20N2O5S2. The molecule has 1 unspecified atom stereocenters. The minimum atomic E-state index is -3.38. The van der Waals surface area contributed by atoms with Crippen LogP contribution in [0, 0.1) is 0 Å². The summed E-state index contributed by atoms with van der Waals surface area (Å²) in [6, 6.07) is -1.62. The van der Waals surface area contributed by atoms with Gasteiger partial charge in [0.15, 0.2) is 9.84 Å². The summed E-state index contributed by atoms with van der Waals surface area (Å²) < 4.78 is 24.0. The number of carbonyl (C=O) groups excluding carboxylic acids is 1. The zero-order valence-electron chi connectivity index (χ0n) is 11.5. The van der Waals surface area contributed by atoms with Gasteiger partial charge in [0, 0.05) is 23.8 Å². The average molecular weight is 324 g/mol. The summed E-state index contributed by atoms with van der Waals surface area (Å²) in [5.41, 5.74) is 0. The Morgan fingerprint density at radius 1 is 1.45 bits per heavy atom. The summed E-state index contributed by atoms with van der Waals surface area (Å²) in [6.45, 7) is 3.48. The van der Waals surface area contributed by atoms with E-state index in [0.717, 1.165) is 0 Å². The molecule has 0 aromatic carbocycles. The molecule has 1 rings (SSSR count). The van der Waals surface area contributed by atoms with Crippen LogP contribution in [0.1, 0.15) is 20.3 Å². The van der Waals surface area contributed by atoms with Gasteiger partial charge in [0.2, 0.25) is 0 Å². The molecule has 0 spiro atoms. The fourth-order valence-corrected chi connectivity index (χ4v) is 4.84. The highest BCUT2D eigenvalue weighted by Gasteiger charge is 2.36. The standard InChI is InChI=1S/C11H20N2O5S2/c1-3-8(10(14)15)12-11(16)13-5-6-19-7-9(13)20(17,18)4-2/h8-9H,3-7H2,1-2H3,(H,12,16)(H,14,15)/t8-,9?/m1/s1. The van der Waals surface area contributed by atoms with Crippen LogP contribution in [0.2, 0.25) is 0 Å². The number of nitrogens with one attached hydrogen (secondary N) is 1. The van der Waals surface area contributed by atoms with Crippen molar-refractivity contribution in [3.63, 3.8) is 0 Å². The number of rotatable bonds is 5. The zero-order chi connectivity index (χ0) is 15.3. The quantitative estimate of drug-likeness (QED) is 0.757. The third kappa shape index (κ3) is 4.02. The van der Waals surface area contributed by atoms with Gasteiger partial charge in [-0.15, -0.1) is 0 Å². The average Bonchev–Trinajstić information content (AvgIpc) is 2.44. The van der Waals surface area contributed by atoms with Crippen LogP contribution in [-0.4, -0.2) is 65.6 Å². The summed E-state index contributed by atoms with van der Waals surface area (Å²) in [7, 11) is -3.38. The summed E-state index contributed by atoms with van der Waals surface area (Å²) in [6.07, 6.45) is 0.245. The molecule has 1 heterocycles. The van der Waals surface area contributed by atoms with E-state index in [2.05, 4.69) is 5.32 Å². The van der Waals surface area contributed by atoms with Crippen molar-refractivity contribution in [2.75, 3.05) is 23.8 Å². The SMILES string of the molecule is CC[C@@H](NC(=O)N1CCSCC1S(=O)(=O)CC)C(=O)O. The molecule has 1 fully saturated rings. The maximum atomic E-state index is 12.1. The van der Waals surface area contributed by atoms with E-state index >= 15 is 0 Å². The largest absolute Gasteiger partial charge is 0.480 e. The number of amides is 2. The van der Waals surface area contributed by atoms with Crippen LogP contribution in [0.25, 0.3) is 0 Å². The van der Waals surface area contributed by atoms with Crippen LogP contribution in [0.5, 0.6) is 0 Å². The predicted octanol–water partition coefficient (Wildman–Crippen LogP) is 0.369. The predicted molar refractivity (Wildman–Crippen MR) is 77.5 cm³/mol. The van der Waals surface area contributed by atoms with Crippen molar-refractivity contribution < 1.29 is 23.1 Å². The Hall–Kier alpha value is -0.960. The van der Waals surface area contributed by atoms with Gasteiger partial charge in [-0.2, -0.15) is 11.8 Å². The Bertz CT molecular complexity index is 465. The second-order valence-corrected chi connectivity index (χ2v) is 8.02. The number of urea groups is 1. The number of carboxylic acids is 1. The monoisotopic (exact) mass is 324 g/mol. The van der Waals surface area contributed by atoms with Gasteiger partial charge in [-0.05, 0) is 6.42 Å². The lowest BCUT2D eigenvalue weighted by atomic mass is 10.2. The molecule has 0 aliphatic carbocycles. The maximum Gasteiger partial charge on any atom is 0.326 e. The Labute approximate surface area is 123 Å². The summed E-state index contributed by atoms with van der Waals surface area (Å²) >= 11 is 1.48. The maximum absolute atomic E-state index is 12.1. The van der Waals surface area contributed by atoms with Gasteiger partial charge in [-0.1, -0.05) is 13.8 Å². The normalized spacial score (nSPS) is 21.3. The van der Waals surface area contributed by atoms with Crippen molar-refractivity contribution >= 4 is 33.6 Å². The van der Waals surface area contributed by atoms with Gasteiger partial charge in [-0.3, -0.25) is 0 Å². The van der Waals surface area contributed by atoms with E-state index in [1.54, 1.807) is 6.92 Å². The van der Waals surface area contributed by atoms with Gasteiger partial charge in [-0.25, -0.2) is 18.0 Å². The molecule has 0 aromatic heterocycles. The molecule has 0 aromatic rings. The van der Waals surface area contributed by atoms with Crippen molar-refractivity contribution in [3.8, 4) is 0 Å². The molecule has 1 saturated heterocycles. The smallest absolute Gasteiger partial charge is 0.326 e. The van der Waals surface area contributed by atoms with Crippen LogP contribution < -0.4 is 5.32 Å². The van der Waals surface area contributed by atoms with Crippen molar-refractivity contribution in [1.82, 2.24) is 10.2 Å². The first-order valence-electron chi connectivity index (χ1n) is 6.42. The first-order chi connectivity index (χ1) is 9.33.